The quantitative estimate of drug-likeness (QED) is 0.287. The molecule has 3 aromatic rings. The van der Waals surface area contributed by atoms with Gasteiger partial charge in [-0.2, -0.15) is 0 Å². The van der Waals surface area contributed by atoms with Crippen LogP contribution in [-0.2, 0) is 43.5 Å². The molecule has 4 atom stereocenters. The lowest BCUT2D eigenvalue weighted by Crippen LogP contribution is -2.53. The van der Waals surface area contributed by atoms with Gasteiger partial charge in [0.15, 0.2) is 6.29 Å². The highest BCUT2D eigenvalue weighted by Gasteiger charge is 2.41. The van der Waals surface area contributed by atoms with E-state index in [2.05, 4.69) is 50.2 Å². The van der Waals surface area contributed by atoms with Crippen LogP contribution in [0.2, 0.25) is 0 Å². The van der Waals surface area contributed by atoms with E-state index in [9.17, 15) is 0 Å². The standard InChI is InChI=1S/C31H38O5/c1-24(2)19-34-30-18-28(33-21-26-14-8-4-9-15-26)31(35-22-27-16-10-5-11-17-27)29(36-30)23-32-20-25-12-6-3-7-13-25/h3-17,24,28-31H,18-23H2,1-2H3/t28-,29-,30?,31+/m1/s1. The van der Waals surface area contributed by atoms with Gasteiger partial charge in [-0.25, -0.2) is 0 Å². The fraction of sp³-hybridized carbons (Fsp3) is 0.419. The van der Waals surface area contributed by atoms with E-state index in [1.165, 1.54) is 0 Å². The number of hydrogen-bond acceptors (Lipinski definition) is 5. The minimum absolute atomic E-state index is 0.190. The molecule has 0 radical (unpaired) electrons. The van der Waals surface area contributed by atoms with Gasteiger partial charge in [-0.1, -0.05) is 105 Å². The molecular formula is C31H38O5. The minimum atomic E-state index is -0.366. The predicted octanol–water partition coefficient (Wildman–Crippen LogP) is 6.16. The zero-order chi connectivity index (χ0) is 25.0. The van der Waals surface area contributed by atoms with Crippen molar-refractivity contribution in [2.75, 3.05) is 13.2 Å². The first-order valence-corrected chi connectivity index (χ1v) is 12.9. The Morgan fingerprint density at radius 3 is 1.78 bits per heavy atom. The molecule has 1 aliphatic heterocycles. The lowest BCUT2D eigenvalue weighted by molar-refractivity contribution is -0.280. The van der Waals surface area contributed by atoms with Crippen LogP contribution >= 0.6 is 0 Å². The summed E-state index contributed by atoms with van der Waals surface area (Å²) in [6.07, 6.45) is -0.554. The maximum absolute atomic E-state index is 6.47. The number of benzene rings is 3. The summed E-state index contributed by atoms with van der Waals surface area (Å²) in [5, 5.41) is 0. The van der Waals surface area contributed by atoms with Crippen molar-refractivity contribution >= 4 is 0 Å². The highest BCUT2D eigenvalue weighted by atomic mass is 16.7. The third-order valence-corrected chi connectivity index (χ3v) is 6.09. The van der Waals surface area contributed by atoms with Crippen molar-refractivity contribution in [3.05, 3.63) is 108 Å². The average Bonchev–Trinajstić information content (AvgIpc) is 2.92. The van der Waals surface area contributed by atoms with Crippen LogP contribution in [0.25, 0.3) is 0 Å². The van der Waals surface area contributed by atoms with Gasteiger partial charge in [0.25, 0.3) is 0 Å². The summed E-state index contributed by atoms with van der Waals surface area (Å²) >= 11 is 0. The Labute approximate surface area is 215 Å². The van der Waals surface area contributed by atoms with Crippen LogP contribution in [0.3, 0.4) is 0 Å². The fourth-order valence-electron chi connectivity index (χ4n) is 4.22. The number of ether oxygens (including phenoxy) is 5. The average molecular weight is 491 g/mol. The van der Waals surface area contributed by atoms with E-state index in [-0.39, 0.29) is 24.6 Å². The topological polar surface area (TPSA) is 46.2 Å². The van der Waals surface area contributed by atoms with E-state index in [1.54, 1.807) is 0 Å². The van der Waals surface area contributed by atoms with Gasteiger partial charge in [-0.05, 0) is 22.6 Å². The van der Waals surface area contributed by atoms with Gasteiger partial charge in [0.2, 0.25) is 0 Å². The predicted molar refractivity (Wildman–Crippen MR) is 140 cm³/mol. The molecule has 1 aliphatic rings. The summed E-state index contributed by atoms with van der Waals surface area (Å²) in [6.45, 7) is 6.79. The van der Waals surface area contributed by atoms with Crippen molar-refractivity contribution in [3.8, 4) is 0 Å². The third-order valence-electron chi connectivity index (χ3n) is 6.09. The molecule has 0 spiro atoms. The van der Waals surface area contributed by atoms with Crippen LogP contribution in [0, 0.1) is 5.92 Å². The second-order valence-electron chi connectivity index (χ2n) is 9.66. The van der Waals surface area contributed by atoms with E-state index in [0.29, 0.717) is 45.4 Å². The molecule has 1 saturated heterocycles. The molecule has 3 aromatic carbocycles. The molecule has 0 amide bonds. The molecular weight excluding hydrogens is 452 g/mol. The SMILES string of the molecule is CC(C)COC1C[C@@H](OCc2ccccc2)[C@H](OCc2ccccc2)[C@@H](COCc2ccccc2)O1. The highest BCUT2D eigenvalue weighted by Crippen LogP contribution is 2.29. The Kier molecular flexibility index (Phi) is 10.5. The molecule has 0 N–H and O–H groups in total. The molecule has 5 nitrogen and oxygen atoms in total. The molecule has 192 valence electrons. The van der Waals surface area contributed by atoms with Crippen LogP contribution in [0.1, 0.15) is 37.0 Å². The van der Waals surface area contributed by atoms with Crippen molar-refractivity contribution in [2.24, 2.45) is 5.92 Å². The van der Waals surface area contributed by atoms with Gasteiger partial charge in [-0.3, -0.25) is 0 Å². The van der Waals surface area contributed by atoms with Gasteiger partial charge in [0.05, 0.1) is 39.1 Å². The molecule has 1 heterocycles. The van der Waals surface area contributed by atoms with Crippen molar-refractivity contribution in [3.63, 3.8) is 0 Å². The normalized spacial score (nSPS) is 22.1. The molecule has 1 unspecified atom stereocenters. The second-order valence-corrected chi connectivity index (χ2v) is 9.66. The second kappa shape index (κ2) is 14.3. The van der Waals surface area contributed by atoms with E-state index >= 15 is 0 Å². The first-order chi connectivity index (χ1) is 17.7. The summed E-state index contributed by atoms with van der Waals surface area (Å²) in [7, 11) is 0. The lowest BCUT2D eigenvalue weighted by Gasteiger charge is -2.41. The fourth-order valence-corrected chi connectivity index (χ4v) is 4.22. The monoisotopic (exact) mass is 490 g/mol. The molecule has 36 heavy (non-hydrogen) atoms. The minimum Gasteiger partial charge on any atom is -0.374 e. The molecule has 5 heteroatoms. The molecule has 4 rings (SSSR count). The summed E-state index contributed by atoms with van der Waals surface area (Å²) in [6, 6.07) is 30.6. The Bertz CT molecular complexity index is 980. The Hall–Kier alpha value is -2.54. The maximum Gasteiger partial charge on any atom is 0.160 e. The van der Waals surface area contributed by atoms with E-state index in [0.717, 1.165) is 16.7 Å². The first-order valence-electron chi connectivity index (χ1n) is 12.9. The Balaban J connectivity index is 1.47. The van der Waals surface area contributed by atoms with E-state index < -0.39 is 0 Å². The van der Waals surface area contributed by atoms with Gasteiger partial charge in [0, 0.05) is 6.42 Å². The van der Waals surface area contributed by atoms with E-state index in [4.69, 9.17) is 23.7 Å². The molecule has 1 fully saturated rings. The smallest absolute Gasteiger partial charge is 0.160 e. The number of rotatable bonds is 13. The van der Waals surface area contributed by atoms with Crippen LogP contribution in [0.15, 0.2) is 91.0 Å². The van der Waals surface area contributed by atoms with Crippen molar-refractivity contribution in [2.45, 2.75) is 64.7 Å². The molecule has 0 bridgehead atoms. The van der Waals surface area contributed by atoms with Crippen molar-refractivity contribution in [1.29, 1.82) is 0 Å². The Morgan fingerprint density at radius 2 is 1.22 bits per heavy atom. The third kappa shape index (κ3) is 8.54. The summed E-state index contributed by atoms with van der Waals surface area (Å²) in [5.41, 5.74) is 3.36. The van der Waals surface area contributed by atoms with Crippen LogP contribution < -0.4 is 0 Å². The van der Waals surface area contributed by atoms with Crippen LogP contribution in [0.4, 0.5) is 0 Å². The van der Waals surface area contributed by atoms with Gasteiger partial charge in [-0.15, -0.1) is 0 Å². The summed E-state index contributed by atoms with van der Waals surface area (Å²) < 4.78 is 31.6. The first kappa shape index (κ1) is 26.5. The summed E-state index contributed by atoms with van der Waals surface area (Å²) in [4.78, 5) is 0. The van der Waals surface area contributed by atoms with Crippen molar-refractivity contribution < 1.29 is 23.7 Å². The van der Waals surface area contributed by atoms with E-state index in [1.807, 2.05) is 54.6 Å². The van der Waals surface area contributed by atoms with Crippen LogP contribution in [-0.4, -0.2) is 37.8 Å². The van der Waals surface area contributed by atoms with Gasteiger partial charge in [0.1, 0.15) is 12.2 Å². The zero-order valence-corrected chi connectivity index (χ0v) is 21.3. The lowest BCUT2D eigenvalue weighted by atomic mass is 10.0. The number of hydrogen-bond donors (Lipinski definition) is 0. The maximum atomic E-state index is 6.47. The van der Waals surface area contributed by atoms with Crippen LogP contribution in [0.5, 0.6) is 0 Å². The summed E-state index contributed by atoms with van der Waals surface area (Å²) in [5.74, 6) is 0.414. The molecule has 0 aromatic heterocycles. The highest BCUT2D eigenvalue weighted by molar-refractivity contribution is 5.15. The van der Waals surface area contributed by atoms with Gasteiger partial charge >= 0.3 is 0 Å². The van der Waals surface area contributed by atoms with Gasteiger partial charge < -0.3 is 23.7 Å². The molecule has 0 saturated carbocycles. The molecule has 0 aliphatic carbocycles. The largest absolute Gasteiger partial charge is 0.374 e. The van der Waals surface area contributed by atoms with Crippen molar-refractivity contribution in [1.82, 2.24) is 0 Å². The Morgan fingerprint density at radius 1 is 0.694 bits per heavy atom. The zero-order valence-electron chi connectivity index (χ0n) is 21.3.